The van der Waals surface area contributed by atoms with Gasteiger partial charge in [-0.05, 0) is 49.1 Å². The predicted octanol–water partition coefficient (Wildman–Crippen LogP) is 6.12. The molecule has 1 unspecified atom stereocenters. The maximum absolute atomic E-state index is 6.01. The van der Waals surface area contributed by atoms with Gasteiger partial charge in [0.1, 0.15) is 5.75 Å². The molecule has 0 N–H and O–H groups in total. The summed E-state index contributed by atoms with van der Waals surface area (Å²) < 4.78 is 8.09. The molecule has 142 valence electrons. The fourth-order valence-electron chi connectivity index (χ4n) is 2.85. The quantitative estimate of drug-likeness (QED) is 0.383. The third-order valence-corrected chi connectivity index (χ3v) is 5.81. The molecule has 0 radical (unpaired) electrons. The number of para-hydroxylation sites is 1. The molecule has 27 heavy (non-hydrogen) atoms. The SMILES string of the molecule is CCCOc1ccccc1SC(CCc1ccc(Cl)cc1)Cn1ccnc1. The van der Waals surface area contributed by atoms with Gasteiger partial charge in [0.15, 0.2) is 0 Å². The highest BCUT2D eigenvalue weighted by molar-refractivity contribution is 8.00. The van der Waals surface area contributed by atoms with E-state index < -0.39 is 0 Å². The van der Waals surface area contributed by atoms with E-state index in [1.54, 1.807) is 0 Å². The fraction of sp³-hybridized carbons (Fsp3) is 0.318. The van der Waals surface area contributed by atoms with Crippen LogP contribution in [0.5, 0.6) is 5.75 Å². The van der Waals surface area contributed by atoms with Gasteiger partial charge < -0.3 is 9.30 Å². The van der Waals surface area contributed by atoms with Crippen LogP contribution in [0.4, 0.5) is 0 Å². The second kappa shape index (κ2) is 10.4. The van der Waals surface area contributed by atoms with Crippen molar-refractivity contribution in [1.82, 2.24) is 9.55 Å². The number of thioether (sulfide) groups is 1. The first-order chi connectivity index (χ1) is 13.2. The van der Waals surface area contributed by atoms with Crippen molar-refractivity contribution in [2.45, 2.75) is 42.9 Å². The van der Waals surface area contributed by atoms with E-state index in [1.807, 2.05) is 48.7 Å². The molecule has 0 aliphatic rings. The van der Waals surface area contributed by atoms with E-state index in [0.717, 1.165) is 43.2 Å². The second-order valence-corrected chi connectivity index (χ2v) is 8.24. The third kappa shape index (κ3) is 6.33. The van der Waals surface area contributed by atoms with Gasteiger partial charge in [0.2, 0.25) is 0 Å². The minimum Gasteiger partial charge on any atom is -0.492 e. The smallest absolute Gasteiger partial charge is 0.132 e. The summed E-state index contributed by atoms with van der Waals surface area (Å²) in [5, 5.41) is 1.20. The first-order valence-corrected chi connectivity index (χ1v) is 10.6. The maximum Gasteiger partial charge on any atom is 0.132 e. The van der Waals surface area contributed by atoms with E-state index in [2.05, 4.69) is 46.8 Å². The molecule has 2 aromatic carbocycles. The van der Waals surface area contributed by atoms with Crippen LogP contribution in [0.25, 0.3) is 0 Å². The van der Waals surface area contributed by atoms with Gasteiger partial charge in [-0.15, -0.1) is 11.8 Å². The van der Waals surface area contributed by atoms with Crippen molar-refractivity contribution in [1.29, 1.82) is 0 Å². The van der Waals surface area contributed by atoms with Crippen molar-refractivity contribution >= 4 is 23.4 Å². The van der Waals surface area contributed by atoms with Crippen LogP contribution in [-0.2, 0) is 13.0 Å². The largest absolute Gasteiger partial charge is 0.492 e. The molecule has 0 bridgehead atoms. The Labute approximate surface area is 170 Å². The van der Waals surface area contributed by atoms with E-state index in [4.69, 9.17) is 16.3 Å². The Balaban J connectivity index is 1.70. The number of aryl methyl sites for hydroxylation is 1. The molecule has 1 atom stereocenters. The van der Waals surface area contributed by atoms with Gasteiger partial charge in [0.25, 0.3) is 0 Å². The zero-order chi connectivity index (χ0) is 18.9. The average Bonchev–Trinajstić information content (AvgIpc) is 3.20. The summed E-state index contributed by atoms with van der Waals surface area (Å²) >= 11 is 7.89. The number of ether oxygens (including phenoxy) is 1. The van der Waals surface area contributed by atoms with E-state index in [0.29, 0.717) is 5.25 Å². The van der Waals surface area contributed by atoms with Gasteiger partial charge in [-0.3, -0.25) is 0 Å². The Bertz CT molecular complexity index is 805. The molecule has 1 aromatic heterocycles. The van der Waals surface area contributed by atoms with Crippen molar-refractivity contribution in [2.24, 2.45) is 0 Å². The molecule has 1 heterocycles. The van der Waals surface area contributed by atoms with Gasteiger partial charge in [0.05, 0.1) is 12.9 Å². The van der Waals surface area contributed by atoms with Crippen LogP contribution in [0, 0.1) is 0 Å². The van der Waals surface area contributed by atoms with Crippen molar-refractivity contribution in [3.8, 4) is 5.75 Å². The minimum absolute atomic E-state index is 0.418. The van der Waals surface area contributed by atoms with Gasteiger partial charge in [-0.1, -0.05) is 42.8 Å². The lowest BCUT2D eigenvalue weighted by molar-refractivity contribution is 0.310. The zero-order valence-electron chi connectivity index (χ0n) is 15.6. The molecule has 0 aliphatic heterocycles. The van der Waals surface area contributed by atoms with Gasteiger partial charge >= 0.3 is 0 Å². The summed E-state index contributed by atoms with van der Waals surface area (Å²) in [6.07, 6.45) is 8.83. The van der Waals surface area contributed by atoms with Gasteiger partial charge in [-0.25, -0.2) is 4.98 Å². The number of imidazole rings is 1. The van der Waals surface area contributed by atoms with Crippen LogP contribution in [0.15, 0.2) is 72.1 Å². The fourth-order valence-corrected chi connectivity index (χ4v) is 4.22. The second-order valence-electron chi connectivity index (χ2n) is 6.46. The van der Waals surface area contributed by atoms with E-state index >= 15 is 0 Å². The number of hydrogen-bond donors (Lipinski definition) is 0. The van der Waals surface area contributed by atoms with Crippen molar-refractivity contribution in [2.75, 3.05) is 6.61 Å². The molecule has 3 nitrogen and oxygen atoms in total. The average molecular weight is 401 g/mol. The van der Waals surface area contributed by atoms with Crippen LogP contribution in [0.3, 0.4) is 0 Å². The molecule has 0 aliphatic carbocycles. The summed E-state index contributed by atoms with van der Waals surface area (Å²) in [5.74, 6) is 0.978. The number of aromatic nitrogens is 2. The molecule has 0 fully saturated rings. The minimum atomic E-state index is 0.418. The zero-order valence-corrected chi connectivity index (χ0v) is 17.1. The molecule has 0 spiro atoms. The van der Waals surface area contributed by atoms with E-state index in [-0.39, 0.29) is 0 Å². The highest BCUT2D eigenvalue weighted by Crippen LogP contribution is 2.34. The molecular formula is C22H25ClN2OS. The summed E-state index contributed by atoms with van der Waals surface area (Å²) in [6.45, 7) is 3.79. The normalized spacial score (nSPS) is 12.1. The summed E-state index contributed by atoms with van der Waals surface area (Å²) in [6, 6.07) is 16.5. The van der Waals surface area contributed by atoms with Crippen LogP contribution in [0.1, 0.15) is 25.3 Å². The molecule has 5 heteroatoms. The lowest BCUT2D eigenvalue weighted by Crippen LogP contribution is -2.13. The molecular weight excluding hydrogens is 376 g/mol. The van der Waals surface area contributed by atoms with Crippen LogP contribution in [0.2, 0.25) is 5.02 Å². The van der Waals surface area contributed by atoms with Crippen LogP contribution >= 0.6 is 23.4 Å². The Morgan fingerprint density at radius 1 is 1.15 bits per heavy atom. The lowest BCUT2D eigenvalue weighted by Gasteiger charge is -2.19. The predicted molar refractivity (Wildman–Crippen MR) is 114 cm³/mol. The monoisotopic (exact) mass is 400 g/mol. The first-order valence-electron chi connectivity index (χ1n) is 9.33. The molecule has 0 saturated heterocycles. The summed E-state index contributed by atoms with van der Waals surface area (Å²) in [7, 11) is 0. The number of hydrogen-bond acceptors (Lipinski definition) is 3. The third-order valence-electron chi connectivity index (χ3n) is 4.25. The standard InChI is InChI=1S/C22H25ClN2OS/c1-2-15-26-21-5-3-4-6-22(21)27-20(16-25-14-13-24-17-25)12-9-18-7-10-19(23)11-8-18/h3-8,10-11,13-14,17,20H,2,9,12,15-16H2,1H3. The van der Waals surface area contributed by atoms with Crippen molar-refractivity contribution in [3.05, 3.63) is 77.8 Å². The number of benzene rings is 2. The maximum atomic E-state index is 6.01. The van der Waals surface area contributed by atoms with E-state index in [9.17, 15) is 0 Å². The van der Waals surface area contributed by atoms with Gasteiger partial charge in [0, 0.05) is 34.1 Å². The molecule has 3 rings (SSSR count). The Kier molecular flexibility index (Phi) is 7.66. The van der Waals surface area contributed by atoms with Gasteiger partial charge in [-0.2, -0.15) is 0 Å². The Morgan fingerprint density at radius 3 is 2.70 bits per heavy atom. The Morgan fingerprint density at radius 2 is 1.96 bits per heavy atom. The first kappa shape index (κ1) is 19.8. The van der Waals surface area contributed by atoms with Crippen LogP contribution < -0.4 is 4.74 Å². The number of nitrogens with zero attached hydrogens (tertiary/aromatic N) is 2. The molecule has 0 amide bonds. The topological polar surface area (TPSA) is 27.1 Å². The van der Waals surface area contributed by atoms with E-state index in [1.165, 1.54) is 10.5 Å². The molecule has 0 saturated carbocycles. The summed E-state index contributed by atoms with van der Waals surface area (Å²) in [4.78, 5) is 5.38. The Hall–Kier alpha value is -1.91. The molecule has 3 aromatic rings. The lowest BCUT2D eigenvalue weighted by atomic mass is 10.1. The highest BCUT2D eigenvalue weighted by Gasteiger charge is 2.15. The van der Waals surface area contributed by atoms with Crippen molar-refractivity contribution < 1.29 is 4.74 Å². The van der Waals surface area contributed by atoms with Crippen molar-refractivity contribution in [3.63, 3.8) is 0 Å². The highest BCUT2D eigenvalue weighted by atomic mass is 35.5. The number of halogens is 1. The van der Waals surface area contributed by atoms with Crippen LogP contribution in [-0.4, -0.2) is 21.4 Å². The number of rotatable bonds is 10. The summed E-state index contributed by atoms with van der Waals surface area (Å²) in [5.41, 5.74) is 1.31.